The minimum absolute atomic E-state index is 0.153. The Kier molecular flexibility index (Phi) is 7.07. The summed E-state index contributed by atoms with van der Waals surface area (Å²) < 4.78 is 10.7. The van der Waals surface area contributed by atoms with Crippen LogP contribution in [0.15, 0.2) is 42.5 Å². The topological polar surface area (TPSA) is 76.1 Å². The minimum atomic E-state index is -1.09. The van der Waals surface area contributed by atoms with Crippen molar-refractivity contribution >= 4 is 23.5 Å². The lowest BCUT2D eigenvalue weighted by Gasteiger charge is -2.27. The van der Waals surface area contributed by atoms with Crippen molar-refractivity contribution in [1.29, 1.82) is 0 Å². The van der Waals surface area contributed by atoms with Crippen molar-refractivity contribution in [3.8, 4) is 11.5 Å². The number of ether oxygens (including phenoxy) is 2. The zero-order valence-electron chi connectivity index (χ0n) is 15.4. The Morgan fingerprint density at radius 2 is 1.89 bits per heavy atom. The summed E-state index contributed by atoms with van der Waals surface area (Å²) in [6, 6.07) is 11.1. The summed E-state index contributed by atoms with van der Waals surface area (Å²) in [5, 5.41) is 9.66. The number of benzene rings is 2. The van der Waals surface area contributed by atoms with Gasteiger partial charge in [-0.3, -0.25) is 4.79 Å². The highest BCUT2D eigenvalue weighted by atomic mass is 35.5. The molecule has 1 N–H and O–H groups in total. The Morgan fingerprint density at radius 1 is 1.22 bits per heavy atom. The summed E-state index contributed by atoms with van der Waals surface area (Å²) >= 11 is 6.25. The number of aliphatic carboxylic acids is 1. The lowest BCUT2D eigenvalue weighted by atomic mass is 10.1. The van der Waals surface area contributed by atoms with Crippen LogP contribution >= 0.6 is 11.6 Å². The van der Waals surface area contributed by atoms with Crippen molar-refractivity contribution in [2.75, 3.05) is 13.7 Å². The van der Waals surface area contributed by atoms with E-state index in [9.17, 15) is 14.7 Å². The molecule has 0 aliphatic heterocycles. The van der Waals surface area contributed by atoms with Crippen molar-refractivity contribution in [3.05, 3.63) is 58.6 Å². The summed E-state index contributed by atoms with van der Waals surface area (Å²) in [5.41, 5.74) is 1.05. The number of amides is 1. The molecule has 1 amide bonds. The first-order chi connectivity index (χ1) is 12.9. The van der Waals surface area contributed by atoms with Gasteiger partial charge in [0.1, 0.15) is 6.04 Å². The number of methoxy groups -OCH3 is 1. The van der Waals surface area contributed by atoms with Crippen molar-refractivity contribution in [1.82, 2.24) is 4.90 Å². The molecule has 2 aromatic rings. The third-order valence-electron chi connectivity index (χ3n) is 4.05. The molecule has 0 aliphatic carbocycles. The van der Waals surface area contributed by atoms with E-state index in [2.05, 4.69) is 0 Å². The highest BCUT2D eigenvalue weighted by Gasteiger charge is 2.28. The summed E-state index contributed by atoms with van der Waals surface area (Å²) in [6.07, 6.45) is 0. The molecule has 0 saturated carbocycles. The normalized spacial score (nSPS) is 11.6. The molecule has 0 fully saturated rings. The number of nitrogens with zero attached hydrogens (tertiary/aromatic N) is 1. The van der Waals surface area contributed by atoms with Crippen LogP contribution in [-0.4, -0.2) is 41.6 Å². The minimum Gasteiger partial charge on any atom is -0.493 e. The molecule has 0 aromatic heterocycles. The number of rotatable bonds is 8. The second-order valence-corrected chi connectivity index (χ2v) is 6.26. The Balaban J connectivity index is 2.42. The molecular weight excluding hydrogens is 370 g/mol. The summed E-state index contributed by atoms with van der Waals surface area (Å²) in [7, 11) is 1.45. The lowest BCUT2D eigenvalue weighted by molar-refractivity contribution is -0.141. The van der Waals surface area contributed by atoms with E-state index in [1.165, 1.54) is 31.1 Å². The fraction of sp³-hybridized carbons (Fsp3) is 0.300. The van der Waals surface area contributed by atoms with Gasteiger partial charge < -0.3 is 19.5 Å². The summed E-state index contributed by atoms with van der Waals surface area (Å²) in [5.74, 6) is -0.894. The smallest absolute Gasteiger partial charge is 0.326 e. The molecule has 2 aromatic carbocycles. The monoisotopic (exact) mass is 391 g/mol. The van der Waals surface area contributed by atoms with Crippen LogP contribution in [0.4, 0.5) is 0 Å². The van der Waals surface area contributed by atoms with Gasteiger partial charge in [0.2, 0.25) is 0 Å². The molecule has 0 saturated heterocycles. The molecule has 1 unspecified atom stereocenters. The zero-order valence-corrected chi connectivity index (χ0v) is 16.2. The Morgan fingerprint density at radius 3 is 2.44 bits per heavy atom. The summed E-state index contributed by atoms with van der Waals surface area (Å²) in [6.45, 7) is 3.82. The van der Waals surface area contributed by atoms with E-state index in [1.54, 1.807) is 0 Å². The van der Waals surface area contributed by atoms with Crippen molar-refractivity contribution in [3.63, 3.8) is 0 Å². The standard InChI is InChI=1S/C20H22ClNO5/c1-4-27-18-16(21)10-15(11-17(18)26-3)19(23)22(13(2)20(24)25)12-14-8-6-5-7-9-14/h5-11,13H,4,12H2,1-3H3,(H,24,25). The van der Waals surface area contributed by atoms with Gasteiger partial charge in [-0.2, -0.15) is 0 Å². The fourth-order valence-electron chi connectivity index (χ4n) is 2.59. The summed E-state index contributed by atoms with van der Waals surface area (Å²) in [4.78, 5) is 25.9. The number of halogens is 1. The van der Waals surface area contributed by atoms with Crippen molar-refractivity contribution in [2.45, 2.75) is 26.4 Å². The molecule has 6 nitrogen and oxygen atoms in total. The second kappa shape index (κ2) is 9.28. The quantitative estimate of drug-likeness (QED) is 0.739. The maximum Gasteiger partial charge on any atom is 0.326 e. The van der Waals surface area contributed by atoms with Gasteiger partial charge in [0.05, 0.1) is 18.7 Å². The molecule has 27 heavy (non-hydrogen) atoms. The third-order valence-corrected chi connectivity index (χ3v) is 4.33. The predicted octanol–water partition coefficient (Wildman–Crippen LogP) is 3.86. The van der Waals surface area contributed by atoms with Crippen LogP contribution in [0.2, 0.25) is 5.02 Å². The van der Waals surface area contributed by atoms with Gasteiger partial charge in [-0.15, -0.1) is 0 Å². The molecule has 1 atom stereocenters. The number of carbonyl (C=O) groups is 2. The second-order valence-electron chi connectivity index (χ2n) is 5.86. The average Bonchev–Trinajstić information content (AvgIpc) is 2.67. The van der Waals surface area contributed by atoms with Gasteiger partial charge in [-0.25, -0.2) is 4.79 Å². The Labute approximate surface area is 163 Å². The van der Waals surface area contributed by atoms with E-state index in [1.807, 2.05) is 37.3 Å². The lowest BCUT2D eigenvalue weighted by Crippen LogP contribution is -2.42. The maximum absolute atomic E-state index is 13.1. The van der Waals surface area contributed by atoms with Crippen LogP contribution in [0.1, 0.15) is 29.8 Å². The molecule has 0 heterocycles. The van der Waals surface area contributed by atoms with Crippen molar-refractivity contribution < 1.29 is 24.2 Å². The van der Waals surface area contributed by atoms with Gasteiger partial charge in [0.25, 0.3) is 5.91 Å². The number of hydrogen-bond acceptors (Lipinski definition) is 4. The SMILES string of the molecule is CCOc1c(Cl)cc(C(=O)N(Cc2ccccc2)C(C)C(=O)O)cc1OC. The Hall–Kier alpha value is -2.73. The molecule has 0 spiro atoms. The van der Waals surface area contributed by atoms with E-state index in [0.717, 1.165) is 5.56 Å². The first-order valence-corrected chi connectivity index (χ1v) is 8.84. The van der Waals surface area contributed by atoms with E-state index in [4.69, 9.17) is 21.1 Å². The number of carboxylic acid groups (broad SMARTS) is 1. The molecule has 144 valence electrons. The van der Waals surface area contributed by atoms with Gasteiger partial charge >= 0.3 is 5.97 Å². The van der Waals surface area contributed by atoms with Gasteiger partial charge in [0.15, 0.2) is 11.5 Å². The molecule has 0 aliphatic rings. The molecule has 0 bridgehead atoms. The van der Waals surface area contributed by atoms with Crippen LogP contribution in [0, 0.1) is 0 Å². The predicted molar refractivity (Wildman–Crippen MR) is 103 cm³/mol. The van der Waals surface area contributed by atoms with E-state index in [0.29, 0.717) is 18.1 Å². The number of carbonyl (C=O) groups excluding carboxylic acids is 1. The molecule has 7 heteroatoms. The fourth-order valence-corrected chi connectivity index (χ4v) is 2.86. The van der Waals surface area contributed by atoms with Crippen LogP contribution in [-0.2, 0) is 11.3 Å². The molecule has 0 radical (unpaired) electrons. The van der Waals surface area contributed by atoms with E-state index in [-0.39, 0.29) is 17.1 Å². The molecular formula is C20H22ClNO5. The van der Waals surface area contributed by atoms with Crippen LogP contribution in [0.5, 0.6) is 11.5 Å². The highest BCUT2D eigenvalue weighted by Crippen LogP contribution is 2.37. The largest absolute Gasteiger partial charge is 0.493 e. The van der Waals surface area contributed by atoms with Crippen LogP contribution in [0.3, 0.4) is 0 Å². The van der Waals surface area contributed by atoms with Crippen LogP contribution in [0.25, 0.3) is 0 Å². The maximum atomic E-state index is 13.1. The third kappa shape index (κ3) is 4.92. The van der Waals surface area contributed by atoms with Crippen LogP contribution < -0.4 is 9.47 Å². The zero-order chi connectivity index (χ0) is 20.0. The molecule has 2 rings (SSSR count). The van der Waals surface area contributed by atoms with E-state index >= 15 is 0 Å². The number of hydrogen-bond donors (Lipinski definition) is 1. The first kappa shape index (κ1) is 20.6. The van der Waals surface area contributed by atoms with Crippen molar-refractivity contribution in [2.24, 2.45) is 0 Å². The first-order valence-electron chi connectivity index (χ1n) is 8.47. The van der Waals surface area contributed by atoms with Gasteiger partial charge in [-0.1, -0.05) is 41.9 Å². The van der Waals surface area contributed by atoms with E-state index < -0.39 is 17.9 Å². The highest BCUT2D eigenvalue weighted by molar-refractivity contribution is 6.32. The van der Waals surface area contributed by atoms with Gasteiger partial charge in [-0.05, 0) is 31.5 Å². The average molecular weight is 392 g/mol. The van der Waals surface area contributed by atoms with Gasteiger partial charge in [0, 0.05) is 12.1 Å². The number of carboxylic acids is 1. The Bertz CT molecular complexity index is 810.